The summed E-state index contributed by atoms with van der Waals surface area (Å²) >= 11 is 0. The molecular formula is C21H29NO. The first-order valence-electron chi connectivity index (χ1n) is 9.48. The van der Waals surface area contributed by atoms with Gasteiger partial charge in [-0.25, -0.2) is 0 Å². The van der Waals surface area contributed by atoms with Gasteiger partial charge in [-0.15, -0.1) is 0 Å². The van der Waals surface area contributed by atoms with Gasteiger partial charge >= 0.3 is 0 Å². The Balaban J connectivity index is 1.46. The van der Waals surface area contributed by atoms with Gasteiger partial charge in [-0.3, -0.25) is 4.79 Å². The Kier molecular flexibility index (Phi) is 3.74. The summed E-state index contributed by atoms with van der Waals surface area (Å²) in [4.78, 5) is 12.6. The van der Waals surface area contributed by atoms with Gasteiger partial charge in [0.2, 0.25) is 0 Å². The molecule has 4 saturated carbocycles. The van der Waals surface area contributed by atoms with E-state index in [9.17, 15) is 4.79 Å². The smallest absolute Gasteiger partial charge is 0.251 e. The van der Waals surface area contributed by atoms with Gasteiger partial charge in [0.25, 0.3) is 5.91 Å². The van der Waals surface area contributed by atoms with Gasteiger partial charge in [0, 0.05) is 11.6 Å². The van der Waals surface area contributed by atoms with Crippen LogP contribution in [0.2, 0.25) is 0 Å². The van der Waals surface area contributed by atoms with E-state index in [0.717, 1.165) is 29.7 Å². The third-order valence-corrected chi connectivity index (χ3v) is 6.98. The predicted molar refractivity (Wildman–Crippen MR) is 93.4 cm³/mol. The molecule has 1 amide bonds. The van der Waals surface area contributed by atoms with Gasteiger partial charge in [-0.05, 0) is 92.7 Å². The first-order valence-corrected chi connectivity index (χ1v) is 9.48. The van der Waals surface area contributed by atoms with Crippen molar-refractivity contribution in [3.63, 3.8) is 0 Å². The van der Waals surface area contributed by atoms with Crippen molar-refractivity contribution >= 4 is 5.91 Å². The maximum atomic E-state index is 12.6. The highest BCUT2D eigenvalue weighted by atomic mass is 16.1. The van der Waals surface area contributed by atoms with Crippen LogP contribution < -0.4 is 5.32 Å². The molecule has 0 aliphatic heterocycles. The van der Waals surface area contributed by atoms with E-state index in [0.29, 0.717) is 11.5 Å². The highest BCUT2D eigenvalue weighted by Crippen LogP contribution is 2.61. The van der Waals surface area contributed by atoms with E-state index in [4.69, 9.17) is 0 Å². The van der Waals surface area contributed by atoms with Crippen molar-refractivity contribution in [3.8, 4) is 0 Å². The Labute approximate surface area is 140 Å². The Morgan fingerprint density at radius 2 is 1.61 bits per heavy atom. The minimum atomic E-state index is 0.107. The van der Waals surface area contributed by atoms with Crippen LogP contribution in [0.25, 0.3) is 0 Å². The number of carbonyl (C=O) groups is 1. The maximum absolute atomic E-state index is 12.6. The second-order valence-corrected chi connectivity index (χ2v) is 8.53. The number of rotatable bonds is 4. The lowest BCUT2D eigenvalue weighted by molar-refractivity contribution is -0.0688. The van der Waals surface area contributed by atoms with E-state index >= 15 is 0 Å². The zero-order valence-electron chi connectivity index (χ0n) is 14.5. The van der Waals surface area contributed by atoms with Crippen LogP contribution in [0.3, 0.4) is 0 Å². The molecule has 23 heavy (non-hydrogen) atoms. The molecule has 4 fully saturated rings. The number of benzene rings is 1. The normalized spacial score (nSPS) is 36.0. The van der Waals surface area contributed by atoms with Crippen LogP contribution >= 0.6 is 0 Å². The van der Waals surface area contributed by atoms with Crippen LogP contribution in [0.1, 0.15) is 68.3 Å². The largest absolute Gasteiger partial charge is 0.349 e. The van der Waals surface area contributed by atoms with Crippen molar-refractivity contribution in [2.24, 2.45) is 23.2 Å². The number of nitrogens with one attached hydrogen (secondary N) is 1. The summed E-state index contributed by atoms with van der Waals surface area (Å²) in [6.07, 6.45) is 9.42. The molecule has 2 nitrogen and oxygen atoms in total. The molecule has 124 valence electrons. The summed E-state index contributed by atoms with van der Waals surface area (Å²) in [6, 6.07) is 8.39. The van der Waals surface area contributed by atoms with E-state index in [-0.39, 0.29) is 5.91 Å². The van der Waals surface area contributed by atoms with E-state index < -0.39 is 0 Å². The van der Waals surface area contributed by atoms with Crippen molar-refractivity contribution in [3.05, 3.63) is 35.4 Å². The van der Waals surface area contributed by atoms with Crippen LogP contribution in [0, 0.1) is 23.2 Å². The minimum absolute atomic E-state index is 0.107. The number of hydrogen-bond donors (Lipinski definition) is 1. The molecule has 0 spiro atoms. The van der Waals surface area contributed by atoms with E-state index in [1.807, 2.05) is 12.1 Å². The minimum Gasteiger partial charge on any atom is -0.349 e. The van der Waals surface area contributed by atoms with Gasteiger partial charge < -0.3 is 5.32 Å². The van der Waals surface area contributed by atoms with Gasteiger partial charge in [0.15, 0.2) is 0 Å². The van der Waals surface area contributed by atoms with Crippen LogP contribution in [0.5, 0.6) is 0 Å². The van der Waals surface area contributed by atoms with Crippen LogP contribution in [0.15, 0.2) is 24.3 Å². The SMILES string of the molecule is CCc1ccc(C(=O)N[C@H](C)C23CC4CC(CC(C4)C2)C3)cc1. The highest BCUT2D eigenvalue weighted by molar-refractivity contribution is 5.94. The molecule has 5 rings (SSSR count). The molecule has 2 heteroatoms. The molecule has 0 saturated heterocycles. The standard InChI is InChI=1S/C21H29NO/c1-3-15-4-6-19(7-5-15)20(23)22-14(2)21-11-16-8-17(12-21)10-18(9-16)13-21/h4-7,14,16-18H,3,8-13H2,1-2H3,(H,22,23)/t14-,16?,17?,18?,21?/m1/s1. The number of carbonyl (C=O) groups excluding carboxylic acids is 1. The third kappa shape index (κ3) is 2.70. The summed E-state index contributed by atoms with van der Waals surface area (Å²) in [7, 11) is 0. The molecule has 0 radical (unpaired) electrons. The van der Waals surface area contributed by atoms with Crippen molar-refractivity contribution in [2.45, 2.75) is 64.8 Å². The van der Waals surface area contributed by atoms with E-state index in [1.54, 1.807) is 0 Å². The Morgan fingerprint density at radius 3 is 2.09 bits per heavy atom. The van der Waals surface area contributed by atoms with Crippen molar-refractivity contribution < 1.29 is 4.79 Å². The molecule has 1 aromatic rings. The van der Waals surface area contributed by atoms with Crippen molar-refractivity contribution in [1.82, 2.24) is 5.32 Å². The second-order valence-electron chi connectivity index (χ2n) is 8.53. The fraction of sp³-hybridized carbons (Fsp3) is 0.667. The molecule has 0 heterocycles. The molecule has 1 atom stereocenters. The Bertz CT molecular complexity index is 553. The third-order valence-electron chi connectivity index (χ3n) is 6.98. The van der Waals surface area contributed by atoms with Gasteiger partial charge in [-0.2, -0.15) is 0 Å². The molecule has 4 bridgehead atoms. The number of aryl methyl sites for hydroxylation is 1. The fourth-order valence-electron chi connectivity index (χ4n) is 6.03. The van der Waals surface area contributed by atoms with E-state index in [2.05, 4.69) is 31.3 Å². The highest BCUT2D eigenvalue weighted by Gasteiger charge is 2.53. The summed E-state index contributed by atoms with van der Waals surface area (Å²) in [5, 5.41) is 3.35. The van der Waals surface area contributed by atoms with Gasteiger partial charge in [-0.1, -0.05) is 19.1 Å². The first kappa shape index (κ1) is 15.2. The van der Waals surface area contributed by atoms with Gasteiger partial charge in [0.05, 0.1) is 0 Å². The summed E-state index contributed by atoms with van der Waals surface area (Å²) < 4.78 is 0. The Morgan fingerprint density at radius 1 is 1.09 bits per heavy atom. The summed E-state index contributed by atoms with van der Waals surface area (Å²) in [6.45, 7) is 4.40. The lowest BCUT2D eigenvalue weighted by Gasteiger charge is -2.59. The molecule has 1 aromatic carbocycles. The quantitative estimate of drug-likeness (QED) is 0.866. The van der Waals surface area contributed by atoms with Crippen molar-refractivity contribution in [1.29, 1.82) is 0 Å². The van der Waals surface area contributed by atoms with Crippen LogP contribution in [-0.2, 0) is 6.42 Å². The van der Waals surface area contributed by atoms with E-state index in [1.165, 1.54) is 44.1 Å². The van der Waals surface area contributed by atoms with Crippen molar-refractivity contribution in [2.75, 3.05) is 0 Å². The lowest BCUT2D eigenvalue weighted by atomic mass is 9.48. The molecule has 0 aromatic heterocycles. The zero-order valence-corrected chi connectivity index (χ0v) is 14.5. The average molecular weight is 311 g/mol. The summed E-state index contributed by atoms with van der Waals surface area (Å²) in [5.74, 6) is 2.91. The summed E-state index contributed by atoms with van der Waals surface area (Å²) in [5.41, 5.74) is 2.47. The zero-order chi connectivity index (χ0) is 16.0. The fourth-order valence-corrected chi connectivity index (χ4v) is 6.03. The Hall–Kier alpha value is -1.31. The topological polar surface area (TPSA) is 29.1 Å². The molecule has 4 aliphatic rings. The van der Waals surface area contributed by atoms with Gasteiger partial charge in [0.1, 0.15) is 0 Å². The molecule has 1 N–H and O–H groups in total. The van der Waals surface area contributed by atoms with Crippen LogP contribution in [-0.4, -0.2) is 11.9 Å². The number of hydrogen-bond acceptors (Lipinski definition) is 1. The second kappa shape index (κ2) is 5.65. The lowest BCUT2D eigenvalue weighted by Crippen LogP contribution is -2.55. The average Bonchev–Trinajstić information content (AvgIpc) is 2.53. The molecule has 4 aliphatic carbocycles. The van der Waals surface area contributed by atoms with Crippen LogP contribution in [0.4, 0.5) is 0 Å². The number of amides is 1. The first-order chi connectivity index (χ1) is 11.1. The maximum Gasteiger partial charge on any atom is 0.251 e. The monoisotopic (exact) mass is 311 g/mol. The molecular weight excluding hydrogens is 282 g/mol. The predicted octanol–water partition coefficient (Wildman–Crippen LogP) is 4.58. The molecule has 0 unspecified atom stereocenters.